The molecular weight excluding hydrogens is 627 g/mol. The van der Waals surface area contributed by atoms with Gasteiger partial charge in [0.1, 0.15) is 11.5 Å². The molecule has 1 N–H and O–H groups in total. The molecule has 0 saturated carbocycles. The fourth-order valence-electron chi connectivity index (χ4n) is 5.12. The van der Waals surface area contributed by atoms with Crippen molar-refractivity contribution in [3.63, 3.8) is 0 Å². The van der Waals surface area contributed by atoms with Gasteiger partial charge in [0.05, 0.1) is 22.8 Å². The average Bonchev–Trinajstić information content (AvgIpc) is 3.36. The molecule has 0 bridgehead atoms. The molecule has 1 unspecified atom stereocenters. The summed E-state index contributed by atoms with van der Waals surface area (Å²) in [7, 11) is -3.44. The number of amides is 1. The molecule has 0 radical (unpaired) electrons. The third kappa shape index (κ3) is 12.2. The summed E-state index contributed by atoms with van der Waals surface area (Å²) < 4.78 is 70.7. The summed E-state index contributed by atoms with van der Waals surface area (Å²) in [4.78, 5) is 17.2. The van der Waals surface area contributed by atoms with Crippen LogP contribution in [0.15, 0.2) is 58.4 Å². The number of ether oxygens (including phenoxy) is 1. The number of hydrogen-bond acceptors (Lipinski definition) is 5. The molecule has 1 atom stereocenters. The molecule has 1 amide bonds. The molecule has 1 saturated heterocycles. The van der Waals surface area contributed by atoms with Crippen LogP contribution in [-0.4, -0.2) is 37.7 Å². The molecule has 2 aromatic carbocycles. The highest BCUT2D eigenvalue weighted by atomic mass is 35.5. The van der Waals surface area contributed by atoms with E-state index in [0.717, 1.165) is 30.3 Å². The summed E-state index contributed by atoms with van der Waals surface area (Å²) in [6.45, 7) is 2.24. The van der Waals surface area contributed by atoms with E-state index in [9.17, 15) is 26.4 Å². The molecule has 0 aliphatic carbocycles. The van der Waals surface area contributed by atoms with Crippen LogP contribution in [0.3, 0.4) is 0 Å². The van der Waals surface area contributed by atoms with Gasteiger partial charge in [-0.05, 0) is 42.8 Å². The Morgan fingerprint density at radius 1 is 0.889 bits per heavy atom. The van der Waals surface area contributed by atoms with Crippen LogP contribution in [0.1, 0.15) is 103 Å². The lowest BCUT2D eigenvalue weighted by Crippen LogP contribution is -2.38. The van der Waals surface area contributed by atoms with E-state index >= 15 is 0 Å². The number of benzene rings is 2. The van der Waals surface area contributed by atoms with Gasteiger partial charge in [-0.25, -0.2) is 22.8 Å². The number of carbonyl (C=O) groups is 1. The summed E-state index contributed by atoms with van der Waals surface area (Å²) in [5, 5.41) is 0.973. The summed E-state index contributed by atoms with van der Waals surface area (Å²) in [6.07, 6.45) is 12.3. The van der Waals surface area contributed by atoms with Gasteiger partial charge in [0.15, 0.2) is 15.6 Å². The molecular formula is C33H45ClF3N3O4S. The molecule has 7 nitrogen and oxygen atoms in total. The van der Waals surface area contributed by atoms with Crippen molar-refractivity contribution < 1.29 is 31.1 Å². The van der Waals surface area contributed by atoms with E-state index in [2.05, 4.69) is 22.1 Å². The quantitative estimate of drug-likeness (QED) is 0.106. The van der Waals surface area contributed by atoms with Gasteiger partial charge in [0.2, 0.25) is 0 Å². The Bertz CT molecular complexity index is 1340. The van der Waals surface area contributed by atoms with Crippen molar-refractivity contribution in [1.29, 1.82) is 0 Å². The van der Waals surface area contributed by atoms with Crippen LogP contribution in [0.5, 0.6) is 5.75 Å². The first-order chi connectivity index (χ1) is 21.5. The van der Waals surface area contributed by atoms with Crippen LogP contribution in [-0.2, 0) is 14.6 Å². The number of nitrogens with one attached hydrogen (secondary N) is 1. The number of alkyl halides is 4. The largest absolute Gasteiger partial charge is 0.444 e. The fourth-order valence-corrected chi connectivity index (χ4v) is 6.54. The molecule has 1 aliphatic heterocycles. The number of carbonyl (C=O) groups excluding carboxylic acids is 1. The topological polar surface area (TPSA) is 88.1 Å². The van der Waals surface area contributed by atoms with Gasteiger partial charge in [-0.2, -0.15) is 8.78 Å². The Morgan fingerprint density at radius 2 is 1.42 bits per heavy atom. The molecule has 0 aromatic heterocycles. The van der Waals surface area contributed by atoms with Crippen molar-refractivity contribution in [2.24, 2.45) is 4.99 Å². The maximum absolute atomic E-state index is 13.8. The SMILES string of the molecule is CCCCCCCCCCCCCCCCS(=O)(=O)c1ccc(N=C2CC(=O)N(c3ccccc3OC(F)(F)C(F)Cl)N2)cc1. The van der Waals surface area contributed by atoms with E-state index in [1.165, 1.54) is 94.5 Å². The zero-order chi connectivity index (χ0) is 32.7. The van der Waals surface area contributed by atoms with Crippen LogP contribution >= 0.6 is 11.6 Å². The number of para-hydroxylation sites is 2. The lowest BCUT2D eigenvalue weighted by atomic mass is 10.0. The van der Waals surface area contributed by atoms with Gasteiger partial charge in [0, 0.05) is 0 Å². The highest BCUT2D eigenvalue weighted by Crippen LogP contribution is 2.36. The lowest BCUT2D eigenvalue weighted by molar-refractivity contribution is -0.198. The van der Waals surface area contributed by atoms with Crippen molar-refractivity contribution in [3.05, 3.63) is 48.5 Å². The van der Waals surface area contributed by atoms with E-state index in [0.29, 0.717) is 12.1 Å². The first-order valence-electron chi connectivity index (χ1n) is 16.0. The predicted octanol–water partition coefficient (Wildman–Crippen LogP) is 9.42. The molecule has 12 heteroatoms. The normalized spacial score (nSPS) is 15.4. The van der Waals surface area contributed by atoms with Gasteiger partial charge in [0.25, 0.3) is 11.5 Å². The highest BCUT2D eigenvalue weighted by molar-refractivity contribution is 7.91. The van der Waals surface area contributed by atoms with Crippen molar-refractivity contribution in [2.45, 2.75) is 120 Å². The number of anilines is 1. The molecule has 0 spiro atoms. The van der Waals surface area contributed by atoms with E-state index < -0.39 is 33.2 Å². The molecule has 250 valence electrons. The Morgan fingerprint density at radius 3 is 1.98 bits per heavy atom. The summed E-state index contributed by atoms with van der Waals surface area (Å²) in [5.41, 5.74) is -0.0185. The van der Waals surface area contributed by atoms with Crippen LogP contribution in [0.2, 0.25) is 0 Å². The van der Waals surface area contributed by atoms with E-state index in [1.807, 2.05) is 0 Å². The first-order valence-corrected chi connectivity index (χ1v) is 18.1. The van der Waals surface area contributed by atoms with Crippen LogP contribution in [0.25, 0.3) is 0 Å². The van der Waals surface area contributed by atoms with Gasteiger partial charge in [-0.3, -0.25) is 10.2 Å². The Kier molecular flexibility index (Phi) is 15.0. The molecule has 1 aliphatic rings. The van der Waals surface area contributed by atoms with Crippen molar-refractivity contribution >= 4 is 44.6 Å². The number of hydrazine groups is 1. The number of unbranched alkanes of at least 4 members (excludes halogenated alkanes) is 13. The van der Waals surface area contributed by atoms with Gasteiger partial charge in [-0.15, -0.1) is 0 Å². The molecule has 2 aromatic rings. The maximum atomic E-state index is 13.8. The second-order valence-corrected chi connectivity index (χ2v) is 13.9. The Balaban J connectivity index is 1.42. The van der Waals surface area contributed by atoms with Crippen LogP contribution in [0, 0.1) is 0 Å². The number of hydrogen-bond donors (Lipinski definition) is 1. The summed E-state index contributed by atoms with van der Waals surface area (Å²) >= 11 is 4.89. The second kappa shape index (κ2) is 18.4. The number of nitrogens with zero attached hydrogens (tertiary/aromatic N) is 2. The Hall–Kier alpha value is -2.79. The fraction of sp³-hybridized carbons (Fsp3) is 0.576. The standard InChI is InChI=1S/C33H45ClF3N3O4S/c1-2-3-4-5-6-7-8-9-10-11-12-13-14-17-24-45(42,43)27-22-20-26(21-23-27)38-30-25-31(41)40(39-30)28-18-15-16-19-29(28)44-33(36,37)32(34)35/h15-16,18-23,32H,2-14,17,24-25H2,1H3,(H,38,39). The molecule has 1 fully saturated rings. The van der Waals surface area contributed by atoms with Crippen molar-refractivity contribution in [1.82, 2.24) is 5.43 Å². The van der Waals surface area contributed by atoms with Gasteiger partial charge < -0.3 is 4.74 Å². The number of aliphatic imine (C=N–C) groups is 1. The number of halogens is 4. The minimum atomic E-state index is -4.31. The van der Waals surface area contributed by atoms with Crippen molar-refractivity contribution in [3.8, 4) is 5.75 Å². The van der Waals surface area contributed by atoms with E-state index in [1.54, 1.807) is 12.1 Å². The average molecular weight is 672 g/mol. The minimum absolute atomic E-state index is 0.0744. The number of sulfone groups is 1. The predicted molar refractivity (Wildman–Crippen MR) is 174 cm³/mol. The molecule has 45 heavy (non-hydrogen) atoms. The van der Waals surface area contributed by atoms with E-state index in [4.69, 9.17) is 11.6 Å². The lowest BCUT2D eigenvalue weighted by Gasteiger charge is -2.23. The number of amidine groups is 1. The number of rotatable bonds is 21. The molecule has 1 heterocycles. The third-order valence-corrected chi connectivity index (χ3v) is 9.71. The van der Waals surface area contributed by atoms with Crippen LogP contribution < -0.4 is 15.2 Å². The zero-order valence-electron chi connectivity index (χ0n) is 26.0. The monoisotopic (exact) mass is 671 g/mol. The minimum Gasteiger partial charge on any atom is -0.427 e. The second-order valence-electron chi connectivity index (χ2n) is 11.4. The van der Waals surface area contributed by atoms with Gasteiger partial charge >= 0.3 is 6.11 Å². The molecule has 3 rings (SSSR count). The highest BCUT2D eigenvalue weighted by Gasteiger charge is 2.43. The maximum Gasteiger partial charge on any atom is 0.444 e. The first kappa shape index (κ1) is 36.7. The van der Waals surface area contributed by atoms with E-state index in [-0.39, 0.29) is 28.6 Å². The Labute approximate surface area is 270 Å². The third-order valence-electron chi connectivity index (χ3n) is 7.64. The summed E-state index contributed by atoms with van der Waals surface area (Å²) in [5.74, 6) is -0.679. The van der Waals surface area contributed by atoms with Crippen molar-refractivity contribution in [2.75, 3.05) is 10.8 Å². The summed E-state index contributed by atoms with van der Waals surface area (Å²) in [6, 6.07) is 11.4. The smallest absolute Gasteiger partial charge is 0.427 e. The van der Waals surface area contributed by atoms with Gasteiger partial charge in [-0.1, -0.05) is 114 Å². The zero-order valence-corrected chi connectivity index (χ0v) is 27.5. The van der Waals surface area contributed by atoms with Crippen LogP contribution in [0.4, 0.5) is 24.5 Å².